The van der Waals surface area contributed by atoms with Gasteiger partial charge in [0.05, 0.1) is 16.3 Å². The highest BCUT2D eigenvalue weighted by Crippen LogP contribution is 2.35. The molecule has 1 aliphatic heterocycles. The maximum absolute atomic E-state index is 14.0. The number of thioether (sulfide) groups is 1. The van der Waals surface area contributed by atoms with E-state index in [0.29, 0.717) is 16.8 Å². The molecule has 1 fully saturated rings. The third kappa shape index (κ3) is 7.18. The highest BCUT2D eigenvalue weighted by atomic mass is 32.2. The average molecular weight is 549 g/mol. The summed E-state index contributed by atoms with van der Waals surface area (Å²) in [5.41, 5.74) is 0.439. The molecular formula is C26H33FN4O4S2. The molecule has 0 unspecified atom stereocenters. The van der Waals surface area contributed by atoms with Crippen molar-refractivity contribution in [2.24, 2.45) is 10.9 Å². The highest BCUT2D eigenvalue weighted by Gasteiger charge is 2.41. The summed E-state index contributed by atoms with van der Waals surface area (Å²) in [5, 5.41) is 2.20. The number of sulfonamides is 1. The maximum atomic E-state index is 14.0. The van der Waals surface area contributed by atoms with E-state index in [-0.39, 0.29) is 29.0 Å². The summed E-state index contributed by atoms with van der Waals surface area (Å²) < 4.78 is 40.2. The lowest BCUT2D eigenvalue weighted by Gasteiger charge is -2.25. The molecule has 0 bridgehead atoms. The SMILES string of the molecule is CC(C)CC[C@H](C)N1C(=O)[C@H](CC(=O)Nc2ccccc2F)SC1=Nc1cccc(S(=O)(=O)N(C)C)c1. The molecule has 1 heterocycles. The standard InChI is InChI=1S/C26H33FN4O4S2/c1-17(2)13-14-18(3)31-25(33)23(16-24(32)29-22-12-7-6-11-21(22)27)36-26(31)28-19-9-8-10-20(15-19)37(34,35)30(4)5/h6-12,15,17-18,23H,13-14,16H2,1-5H3,(H,29,32)/t18-,23-/m0/s1. The van der Waals surface area contributed by atoms with Crippen molar-refractivity contribution in [1.29, 1.82) is 0 Å². The normalized spacial score (nSPS) is 18.2. The number of anilines is 1. The van der Waals surface area contributed by atoms with Gasteiger partial charge in [-0.15, -0.1) is 0 Å². The van der Waals surface area contributed by atoms with E-state index < -0.39 is 27.0 Å². The number of para-hydroxylation sites is 1. The molecule has 2 aromatic rings. The van der Waals surface area contributed by atoms with Crippen LogP contribution in [0, 0.1) is 11.7 Å². The number of aliphatic imine (C=N–C) groups is 1. The smallest absolute Gasteiger partial charge is 0.242 e. The van der Waals surface area contributed by atoms with Gasteiger partial charge in [-0.1, -0.05) is 43.8 Å². The number of nitrogens with one attached hydrogen (secondary N) is 1. The zero-order valence-corrected chi connectivity index (χ0v) is 23.3. The van der Waals surface area contributed by atoms with Crippen LogP contribution in [0.5, 0.6) is 0 Å². The second kappa shape index (κ2) is 12.2. The predicted octanol–water partition coefficient (Wildman–Crippen LogP) is 4.86. The minimum Gasteiger partial charge on any atom is -0.324 e. The van der Waals surface area contributed by atoms with Gasteiger partial charge in [0.1, 0.15) is 11.1 Å². The van der Waals surface area contributed by atoms with Crippen molar-refractivity contribution >= 4 is 50.1 Å². The van der Waals surface area contributed by atoms with E-state index in [4.69, 9.17) is 0 Å². The quantitative estimate of drug-likeness (QED) is 0.457. The van der Waals surface area contributed by atoms with Gasteiger partial charge < -0.3 is 5.32 Å². The summed E-state index contributed by atoms with van der Waals surface area (Å²) in [6.07, 6.45) is 1.49. The van der Waals surface area contributed by atoms with Crippen LogP contribution in [-0.2, 0) is 19.6 Å². The number of nitrogens with zero attached hydrogens (tertiary/aromatic N) is 3. The van der Waals surface area contributed by atoms with Crippen LogP contribution in [-0.4, -0.2) is 60.0 Å². The second-order valence-electron chi connectivity index (χ2n) is 9.55. The van der Waals surface area contributed by atoms with Crippen LogP contribution in [0.2, 0.25) is 0 Å². The van der Waals surface area contributed by atoms with Crippen molar-refractivity contribution in [1.82, 2.24) is 9.21 Å². The molecular weight excluding hydrogens is 515 g/mol. The molecule has 1 N–H and O–H groups in total. The number of hydrogen-bond donors (Lipinski definition) is 1. The van der Waals surface area contributed by atoms with E-state index >= 15 is 0 Å². The number of amides is 2. The van der Waals surface area contributed by atoms with Crippen molar-refractivity contribution in [2.45, 2.75) is 56.2 Å². The Balaban J connectivity index is 1.88. The molecule has 2 atom stereocenters. The zero-order valence-electron chi connectivity index (χ0n) is 21.6. The molecule has 1 saturated heterocycles. The molecule has 0 aromatic heterocycles. The fourth-order valence-corrected chi connectivity index (χ4v) is 5.96. The third-order valence-corrected chi connectivity index (χ3v) is 8.87. The fraction of sp³-hybridized carbons (Fsp3) is 0.423. The fourth-order valence-electron chi connectivity index (χ4n) is 3.77. The van der Waals surface area contributed by atoms with Gasteiger partial charge in [0.15, 0.2) is 5.17 Å². The van der Waals surface area contributed by atoms with E-state index in [9.17, 15) is 22.4 Å². The first-order valence-corrected chi connectivity index (χ1v) is 14.4. The maximum Gasteiger partial charge on any atom is 0.242 e. The second-order valence-corrected chi connectivity index (χ2v) is 12.9. The number of amidine groups is 1. The molecule has 2 amide bonds. The predicted molar refractivity (Wildman–Crippen MR) is 146 cm³/mol. The van der Waals surface area contributed by atoms with Crippen molar-refractivity contribution in [3.8, 4) is 0 Å². The molecule has 2 aromatic carbocycles. The molecule has 3 rings (SSSR count). The van der Waals surface area contributed by atoms with Crippen LogP contribution in [0.3, 0.4) is 0 Å². The van der Waals surface area contributed by atoms with Gasteiger partial charge in [0.2, 0.25) is 21.8 Å². The first-order chi connectivity index (χ1) is 17.4. The Bertz CT molecular complexity index is 1280. The van der Waals surface area contributed by atoms with Crippen molar-refractivity contribution in [3.63, 3.8) is 0 Å². The van der Waals surface area contributed by atoms with Crippen molar-refractivity contribution < 1.29 is 22.4 Å². The van der Waals surface area contributed by atoms with Gasteiger partial charge >= 0.3 is 0 Å². The summed E-state index contributed by atoms with van der Waals surface area (Å²) in [6.45, 7) is 6.15. The third-order valence-electron chi connectivity index (χ3n) is 5.91. The Labute approximate surface area is 222 Å². The number of hydrogen-bond acceptors (Lipinski definition) is 6. The molecule has 37 heavy (non-hydrogen) atoms. The van der Waals surface area contributed by atoms with E-state index in [2.05, 4.69) is 24.2 Å². The molecule has 11 heteroatoms. The van der Waals surface area contributed by atoms with Gasteiger partial charge in [-0.25, -0.2) is 22.1 Å². The van der Waals surface area contributed by atoms with Gasteiger partial charge in [0, 0.05) is 26.6 Å². The van der Waals surface area contributed by atoms with Gasteiger partial charge in [-0.3, -0.25) is 14.5 Å². The molecule has 200 valence electrons. The monoisotopic (exact) mass is 548 g/mol. The summed E-state index contributed by atoms with van der Waals surface area (Å²) in [4.78, 5) is 32.4. The minimum atomic E-state index is -3.66. The summed E-state index contributed by atoms with van der Waals surface area (Å²) in [5.74, 6) is -0.838. The van der Waals surface area contributed by atoms with E-state index in [1.807, 2.05) is 6.92 Å². The Morgan fingerprint density at radius 1 is 1.14 bits per heavy atom. The first kappa shape index (κ1) is 28.8. The topological polar surface area (TPSA) is 99.1 Å². The van der Waals surface area contributed by atoms with E-state index in [1.54, 1.807) is 23.1 Å². The lowest BCUT2D eigenvalue weighted by molar-refractivity contribution is -0.129. The number of rotatable bonds is 10. The van der Waals surface area contributed by atoms with Gasteiger partial charge in [-0.2, -0.15) is 0 Å². The van der Waals surface area contributed by atoms with E-state index in [1.165, 1.54) is 44.4 Å². The molecule has 1 aliphatic rings. The molecule has 0 spiro atoms. The zero-order chi connectivity index (χ0) is 27.3. The lowest BCUT2D eigenvalue weighted by atomic mass is 10.0. The lowest BCUT2D eigenvalue weighted by Crippen LogP contribution is -2.40. The van der Waals surface area contributed by atoms with Crippen LogP contribution in [0.1, 0.15) is 40.0 Å². The van der Waals surface area contributed by atoms with Crippen molar-refractivity contribution in [3.05, 3.63) is 54.3 Å². The minimum absolute atomic E-state index is 0.0536. The number of carbonyl (C=O) groups is 2. The number of carbonyl (C=O) groups excluding carboxylic acids is 2. The first-order valence-electron chi connectivity index (χ1n) is 12.1. The molecule has 8 nitrogen and oxygen atoms in total. The van der Waals surface area contributed by atoms with Crippen LogP contribution in [0.15, 0.2) is 58.4 Å². The van der Waals surface area contributed by atoms with Crippen LogP contribution in [0.25, 0.3) is 0 Å². The molecule has 0 aliphatic carbocycles. The van der Waals surface area contributed by atoms with Crippen molar-refractivity contribution in [2.75, 3.05) is 19.4 Å². The number of benzene rings is 2. The van der Waals surface area contributed by atoms with Gasteiger partial charge in [0.25, 0.3) is 0 Å². The summed E-state index contributed by atoms with van der Waals surface area (Å²) in [7, 11) is -0.753. The summed E-state index contributed by atoms with van der Waals surface area (Å²) >= 11 is 1.16. The number of halogens is 1. The Morgan fingerprint density at radius 2 is 1.84 bits per heavy atom. The largest absolute Gasteiger partial charge is 0.324 e. The van der Waals surface area contributed by atoms with Gasteiger partial charge in [-0.05, 0) is 56.0 Å². The Hall–Kier alpha value is -2.76. The Kier molecular flexibility index (Phi) is 9.49. The van der Waals surface area contributed by atoms with E-state index in [0.717, 1.165) is 28.9 Å². The molecule has 0 saturated carbocycles. The van der Waals surface area contributed by atoms with Crippen LogP contribution < -0.4 is 5.32 Å². The Morgan fingerprint density at radius 3 is 2.49 bits per heavy atom. The average Bonchev–Trinajstić information content (AvgIpc) is 3.13. The molecule has 0 radical (unpaired) electrons. The summed E-state index contributed by atoms with van der Waals surface area (Å²) in [6, 6.07) is 11.9. The van der Waals surface area contributed by atoms with Crippen LogP contribution in [0.4, 0.5) is 15.8 Å². The highest BCUT2D eigenvalue weighted by molar-refractivity contribution is 8.15. The van der Waals surface area contributed by atoms with Crippen LogP contribution >= 0.6 is 11.8 Å².